The van der Waals surface area contributed by atoms with Crippen LogP contribution >= 0.6 is 11.3 Å². The van der Waals surface area contributed by atoms with Crippen molar-refractivity contribution in [3.8, 4) is 5.75 Å². The second kappa shape index (κ2) is 9.27. The SMILES string of the molecule is CCCCCN1C(=O)C(=O)/C(=C(\O)c2ccc(OCC)cc2)C1c1sccc1C. The molecular weight excluding hydrogens is 386 g/mol. The number of aryl methyl sites for hydroxylation is 1. The van der Waals surface area contributed by atoms with E-state index in [1.807, 2.05) is 25.3 Å². The molecule has 0 aliphatic carbocycles. The van der Waals surface area contributed by atoms with Gasteiger partial charge in [-0.1, -0.05) is 19.8 Å². The fraction of sp³-hybridized carbons (Fsp3) is 0.391. The Balaban J connectivity index is 2.06. The zero-order valence-electron chi connectivity index (χ0n) is 17.1. The van der Waals surface area contributed by atoms with E-state index in [1.54, 1.807) is 29.2 Å². The number of thiophene rings is 1. The molecule has 5 nitrogen and oxygen atoms in total. The number of aliphatic hydroxyl groups is 1. The summed E-state index contributed by atoms with van der Waals surface area (Å²) in [4.78, 5) is 28.3. The molecular formula is C23H27NO4S. The van der Waals surface area contributed by atoms with Gasteiger partial charge in [-0.2, -0.15) is 0 Å². The van der Waals surface area contributed by atoms with Crippen LogP contribution in [-0.4, -0.2) is 34.8 Å². The average Bonchev–Trinajstić information content (AvgIpc) is 3.24. The molecule has 3 rings (SSSR count). The molecule has 0 saturated carbocycles. The number of hydrogen-bond acceptors (Lipinski definition) is 5. The standard InChI is InChI=1S/C23H27NO4S/c1-4-6-7-13-24-19(22-15(3)12-14-29-22)18(21(26)23(24)27)20(25)16-8-10-17(11-9-16)28-5-2/h8-12,14,19,25H,4-7,13H2,1-3H3/b20-18-. The first kappa shape index (κ1) is 21.1. The van der Waals surface area contributed by atoms with Crippen molar-refractivity contribution in [1.29, 1.82) is 0 Å². The number of ether oxygens (including phenoxy) is 1. The number of amides is 1. The molecule has 1 amide bonds. The molecule has 2 aromatic rings. The number of benzene rings is 1. The van der Waals surface area contributed by atoms with Crippen molar-refractivity contribution >= 4 is 28.8 Å². The molecule has 0 bridgehead atoms. The highest BCUT2D eigenvalue weighted by Crippen LogP contribution is 2.42. The molecule has 1 N–H and O–H groups in total. The van der Waals surface area contributed by atoms with Crippen molar-refractivity contribution < 1.29 is 19.4 Å². The van der Waals surface area contributed by atoms with Crippen molar-refractivity contribution in [1.82, 2.24) is 4.90 Å². The Morgan fingerprint density at radius 3 is 2.45 bits per heavy atom. The molecule has 1 unspecified atom stereocenters. The Bertz CT molecular complexity index is 913. The quantitative estimate of drug-likeness (QED) is 0.284. The van der Waals surface area contributed by atoms with E-state index in [0.717, 1.165) is 29.7 Å². The summed E-state index contributed by atoms with van der Waals surface area (Å²) >= 11 is 1.51. The maximum atomic E-state index is 12.9. The summed E-state index contributed by atoms with van der Waals surface area (Å²) in [6, 6.07) is 8.36. The lowest BCUT2D eigenvalue weighted by atomic mass is 9.98. The summed E-state index contributed by atoms with van der Waals surface area (Å²) in [7, 11) is 0. The molecule has 1 saturated heterocycles. The third kappa shape index (κ3) is 4.22. The Kier molecular flexibility index (Phi) is 6.75. The number of carbonyl (C=O) groups is 2. The number of rotatable bonds is 8. The Morgan fingerprint density at radius 2 is 1.86 bits per heavy atom. The third-order valence-electron chi connectivity index (χ3n) is 5.13. The molecule has 6 heteroatoms. The first-order chi connectivity index (χ1) is 14.0. The van der Waals surface area contributed by atoms with Crippen molar-refractivity contribution in [3.63, 3.8) is 0 Å². The highest BCUT2D eigenvalue weighted by Gasteiger charge is 2.46. The number of carbonyl (C=O) groups excluding carboxylic acids is 2. The molecule has 2 heterocycles. The zero-order valence-corrected chi connectivity index (χ0v) is 17.9. The molecule has 1 aliphatic heterocycles. The summed E-state index contributed by atoms with van der Waals surface area (Å²) < 4.78 is 5.45. The van der Waals surface area contributed by atoms with Gasteiger partial charge in [0.15, 0.2) is 0 Å². The van der Waals surface area contributed by atoms with Crippen molar-refractivity contribution in [2.24, 2.45) is 0 Å². The zero-order chi connectivity index (χ0) is 21.0. The molecule has 1 atom stereocenters. The molecule has 0 radical (unpaired) electrons. The summed E-state index contributed by atoms with van der Waals surface area (Å²) in [5, 5.41) is 13.0. The van der Waals surface area contributed by atoms with Gasteiger partial charge < -0.3 is 14.7 Å². The van der Waals surface area contributed by atoms with E-state index < -0.39 is 17.7 Å². The van der Waals surface area contributed by atoms with Gasteiger partial charge in [0.1, 0.15) is 11.5 Å². The van der Waals surface area contributed by atoms with Crippen LogP contribution in [0.3, 0.4) is 0 Å². The number of Topliss-reactive ketones (excluding diaryl/α,β-unsaturated/α-hetero) is 1. The second-order valence-electron chi connectivity index (χ2n) is 7.12. The van der Waals surface area contributed by atoms with Crippen LogP contribution in [0.4, 0.5) is 0 Å². The molecule has 1 aromatic carbocycles. The van der Waals surface area contributed by atoms with Crippen LogP contribution in [0.15, 0.2) is 41.3 Å². The average molecular weight is 414 g/mol. The van der Waals surface area contributed by atoms with E-state index in [0.29, 0.717) is 24.5 Å². The Hall–Kier alpha value is -2.60. The topological polar surface area (TPSA) is 66.8 Å². The van der Waals surface area contributed by atoms with E-state index >= 15 is 0 Å². The first-order valence-electron chi connectivity index (χ1n) is 10.0. The van der Waals surface area contributed by atoms with Gasteiger partial charge in [0.25, 0.3) is 11.7 Å². The molecule has 1 fully saturated rings. The minimum absolute atomic E-state index is 0.137. The lowest BCUT2D eigenvalue weighted by Gasteiger charge is -2.24. The molecule has 1 aliphatic rings. The lowest BCUT2D eigenvalue weighted by molar-refractivity contribution is -0.139. The van der Waals surface area contributed by atoms with E-state index in [-0.39, 0.29) is 11.3 Å². The number of likely N-dealkylation sites (tertiary alicyclic amines) is 1. The third-order valence-corrected chi connectivity index (χ3v) is 6.20. The number of unbranched alkanes of at least 4 members (excludes halogenated alkanes) is 2. The number of ketones is 1. The van der Waals surface area contributed by atoms with Gasteiger partial charge >= 0.3 is 0 Å². The summed E-state index contributed by atoms with van der Waals surface area (Å²) in [5.41, 5.74) is 1.68. The highest BCUT2D eigenvalue weighted by molar-refractivity contribution is 7.10. The van der Waals surface area contributed by atoms with Gasteiger partial charge in [-0.3, -0.25) is 9.59 Å². The van der Waals surface area contributed by atoms with E-state index in [9.17, 15) is 14.7 Å². The van der Waals surface area contributed by atoms with Gasteiger partial charge in [-0.15, -0.1) is 11.3 Å². The number of nitrogens with zero attached hydrogens (tertiary/aromatic N) is 1. The van der Waals surface area contributed by atoms with Gasteiger partial charge in [0.2, 0.25) is 0 Å². The normalized spacial score (nSPS) is 18.4. The first-order valence-corrected chi connectivity index (χ1v) is 10.9. The maximum Gasteiger partial charge on any atom is 0.295 e. The molecule has 29 heavy (non-hydrogen) atoms. The van der Waals surface area contributed by atoms with Crippen molar-refractivity contribution in [2.75, 3.05) is 13.2 Å². The largest absolute Gasteiger partial charge is 0.507 e. The van der Waals surface area contributed by atoms with Crippen LogP contribution in [-0.2, 0) is 9.59 Å². The fourth-order valence-corrected chi connectivity index (χ4v) is 4.66. The Labute approximate surface area is 175 Å². The van der Waals surface area contributed by atoms with Gasteiger partial charge in [0, 0.05) is 17.0 Å². The number of hydrogen-bond donors (Lipinski definition) is 1. The predicted molar refractivity (Wildman–Crippen MR) is 115 cm³/mol. The minimum atomic E-state index is -0.620. The van der Waals surface area contributed by atoms with Crippen LogP contribution in [0.1, 0.15) is 55.2 Å². The van der Waals surface area contributed by atoms with Crippen LogP contribution in [0.25, 0.3) is 5.76 Å². The smallest absolute Gasteiger partial charge is 0.295 e. The molecule has 1 aromatic heterocycles. The van der Waals surface area contributed by atoms with Crippen molar-refractivity contribution in [3.05, 3.63) is 57.3 Å². The monoisotopic (exact) mass is 413 g/mol. The van der Waals surface area contributed by atoms with Gasteiger partial charge in [-0.25, -0.2) is 0 Å². The predicted octanol–water partition coefficient (Wildman–Crippen LogP) is 5.07. The van der Waals surface area contributed by atoms with E-state index in [2.05, 4.69) is 6.92 Å². The van der Waals surface area contributed by atoms with Gasteiger partial charge in [0.05, 0.1) is 18.2 Å². The second-order valence-corrected chi connectivity index (χ2v) is 8.07. The van der Waals surface area contributed by atoms with Gasteiger partial charge in [-0.05, 0) is 61.5 Å². The lowest BCUT2D eigenvalue weighted by Crippen LogP contribution is -2.30. The summed E-state index contributed by atoms with van der Waals surface area (Å²) in [6.45, 7) is 7.01. The summed E-state index contributed by atoms with van der Waals surface area (Å²) in [5.74, 6) is -0.603. The molecule has 154 valence electrons. The molecule has 0 spiro atoms. The Morgan fingerprint density at radius 1 is 1.14 bits per heavy atom. The van der Waals surface area contributed by atoms with Crippen LogP contribution < -0.4 is 4.74 Å². The minimum Gasteiger partial charge on any atom is -0.507 e. The van der Waals surface area contributed by atoms with Crippen LogP contribution in [0.5, 0.6) is 5.75 Å². The van der Waals surface area contributed by atoms with E-state index in [4.69, 9.17) is 4.74 Å². The van der Waals surface area contributed by atoms with Crippen LogP contribution in [0.2, 0.25) is 0 Å². The van der Waals surface area contributed by atoms with Crippen LogP contribution in [0, 0.1) is 6.92 Å². The van der Waals surface area contributed by atoms with Crippen molar-refractivity contribution in [2.45, 2.75) is 46.1 Å². The summed E-state index contributed by atoms with van der Waals surface area (Å²) in [6.07, 6.45) is 2.84. The fourth-order valence-electron chi connectivity index (χ4n) is 3.61. The highest BCUT2D eigenvalue weighted by atomic mass is 32.1. The number of aliphatic hydroxyl groups excluding tert-OH is 1. The maximum absolute atomic E-state index is 12.9. The van der Waals surface area contributed by atoms with E-state index in [1.165, 1.54) is 11.3 Å².